The highest BCUT2D eigenvalue weighted by Crippen LogP contribution is 2.22. The number of hydrogen-bond acceptors (Lipinski definition) is 6. The van der Waals surface area contributed by atoms with Crippen LogP contribution in [-0.4, -0.2) is 30.4 Å². The van der Waals surface area contributed by atoms with Crippen molar-refractivity contribution in [3.63, 3.8) is 0 Å². The molecule has 0 aliphatic carbocycles. The first kappa shape index (κ1) is 15.2. The molecule has 0 saturated carbocycles. The molecule has 0 saturated heterocycles. The number of nitrogens with one attached hydrogen (secondary N) is 2. The lowest BCUT2D eigenvalue weighted by Gasteiger charge is -2.09. The second-order valence-corrected chi connectivity index (χ2v) is 6.08. The van der Waals surface area contributed by atoms with E-state index in [-0.39, 0.29) is 0 Å². The van der Waals surface area contributed by atoms with Crippen molar-refractivity contribution in [1.82, 2.24) is 30.4 Å². The highest BCUT2D eigenvalue weighted by atomic mass is 15.2. The number of rotatable bonds is 4. The second-order valence-electron chi connectivity index (χ2n) is 6.08. The van der Waals surface area contributed by atoms with Crippen molar-refractivity contribution >= 4 is 22.7 Å². The molecule has 0 radical (unpaired) electrons. The van der Waals surface area contributed by atoms with Gasteiger partial charge in [-0.2, -0.15) is 10.2 Å². The van der Waals surface area contributed by atoms with Crippen molar-refractivity contribution in [2.24, 2.45) is 0 Å². The van der Waals surface area contributed by atoms with E-state index in [1.807, 2.05) is 36.5 Å². The lowest BCUT2D eigenvalue weighted by atomic mass is 10.1. The Labute approximate surface area is 144 Å². The van der Waals surface area contributed by atoms with E-state index in [9.17, 15) is 0 Å². The minimum atomic E-state index is 0.391. The predicted molar refractivity (Wildman–Crippen MR) is 96.5 cm³/mol. The van der Waals surface area contributed by atoms with Crippen LogP contribution in [0, 0.1) is 0 Å². The average molecular weight is 331 g/mol. The lowest BCUT2D eigenvalue weighted by molar-refractivity contribution is 0.843. The van der Waals surface area contributed by atoms with Crippen LogP contribution < -0.4 is 5.32 Å². The minimum absolute atomic E-state index is 0.391. The van der Waals surface area contributed by atoms with Gasteiger partial charge in [-0.25, -0.2) is 4.98 Å². The van der Waals surface area contributed by atoms with E-state index in [2.05, 4.69) is 49.5 Å². The molecule has 7 nitrogen and oxygen atoms in total. The Hall–Kier alpha value is -3.35. The first-order chi connectivity index (χ1) is 12.2. The first-order valence-electron chi connectivity index (χ1n) is 8.05. The number of aromatic amines is 1. The summed E-state index contributed by atoms with van der Waals surface area (Å²) in [6, 6.07) is 9.69. The largest absolute Gasteiger partial charge is 0.323 e. The van der Waals surface area contributed by atoms with Gasteiger partial charge in [0.25, 0.3) is 0 Å². The predicted octanol–water partition coefficient (Wildman–Crippen LogP) is 3.68. The van der Waals surface area contributed by atoms with Gasteiger partial charge in [-0.1, -0.05) is 13.8 Å². The highest BCUT2D eigenvalue weighted by molar-refractivity contribution is 5.81. The molecular formula is C18H17N7. The van der Waals surface area contributed by atoms with Gasteiger partial charge in [-0.15, -0.1) is 5.10 Å². The maximum atomic E-state index is 4.64. The van der Waals surface area contributed by atoms with Crippen LogP contribution >= 0.6 is 0 Å². The van der Waals surface area contributed by atoms with E-state index in [0.29, 0.717) is 17.6 Å². The summed E-state index contributed by atoms with van der Waals surface area (Å²) in [7, 11) is 0. The smallest absolute Gasteiger partial charge is 0.154 e. The Bertz CT molecular complexity index is 1010. The molecule has 4 aromatic heterocycles. The van der Waals surface area contributed by atoms with Crippen LogP contribution in [0.15, 0.2) is 48.9 Å². The molecule has 25 heavy (non-hydrogen) atoms. The van der Waals surface area contributed by atoms with Gasteiger partial charge in [0.2, 0.25) is 0 Å². The normalized spacial score (nSPS) is 11.2. The van der Waals surface area contributed by atoms with Gasteiger partial charge < -0.3 is 5.32 Å². The van der Waals surface area contributed by atoms with Crippen molar-refractivity contribution < 1.29 is 0 Å². The monoisotopic (exact) mass is 331 g/mol. The van der Waals surface area contributed by atoms with Gasteiger partial charge in [0.15, 0.2) is 5.82 Å². The van der Waals surface area contributed by atoms with Crippen molar-refractivity contribution in [2.45, 2.75) is 19.8 Å². The molecule has 0 aliphatic heterocycles. The summed E-state index contributed by atoms with van der Waals surface area (Å²) < 4.78 is 0. The third-order valence-corrected chi connectivity index (χ3v) is 3.95. The van der Waals surface area contributed by atoms with Crippen LogP contribution in [0.3, 0.4) is 0 Å². The maximum Gasteiger partial charge on any atom is 0.154 e. The summed E-state index contributed by atoms with van der Waals surface area (Å²) in [5.74, 6) is 1.77. The van der Waals surface area contributed by atoms with Crippen LogP contribution in [0.5, 0.6) is 0 Å². The fourth-order valence-corrected chi connectivity index (χ4v) is 2.53. The summed E-state index contributed by atoms with van der Waals surface area (Å²) in [6.45, 7) is 4.25. The molecule has 0 unspecified atom stereocenters. The molecule has 2 N–H and O–H groups in total. The van der Waals surface area contributed by atoms with Gasteiger partial charge >= 0.3 is 0 Å². The molecule has 4 rings (SSSR count). The zero-order valence-electron chi connectivity index (χ0n) is 13.9. The quantitative estimate of drug-likeness (QED) is 0.592. The van der Waals surface area contributed by atoms with Crippen LogP contribution in [-0.2, 0) is 0 Å². The third-order valence-electron chi connectivity index (χ3n) is 3.95. The number of H-pyrrole nitrogens is 1. The van der Waals surface area contributed by atoms with E-state index in [4.69, 9.17) is 0 Å². The van der Waals surface area contributed by atoms with Crippen LogP contribution in [0.25, 0.3) is 22.3 Å². The summed E-state index contributed by atoms with van der Waals surface area (Å²) >= 11 is 0. The van der Waals surface area contributed by atoms with E-state index in [0.717, 1.165) is 27.9 Å². The van der Waals surface area contributed by atoms with Crippen LogP contribution in [0.2, 0.25) is 0 Å². The molecule has 4 heterocycles. The summed E-state index contributed by atoms with van der Waals surface area (Å²) in [5.41, 5.74) is 4.60. The van der Waals surface area contributed by atoms with Crippen LogP contribution in [0.1, 0.15) is 25.3 Å². The molecule has 124 valence electrons. The topological polar surface area (TPSA) is 92.3 Å². The highest BCUT2D eigenvalue weighted by Gasteiger charge is 2.06. The number of nitrogens with zero attached hydrogens (tertiary/aromatic N) is 5. The SMILES string of the molecule is CC(C)c1cnnc(Nc2ccc3ncc(-c4ccn[nH]4)cc3n2)c1. The maximum absolute atomic E-state index is 4.64. The fourth-order valence-electron chi connectivity index (χ4n) is 2.53. The molecule has 0 aliphatic rings. The average Bonchev–Trinajstić information content (AvgIpc) is 3.16. The van der Waals surface area contributed by atoms with Crippen molar-refractivity contribution in [1.29, 1.82) is 0 Å². The van der Waals surface area contributed by atoms with Crippen molar-refractivity contribution in [3.8, 4) is 11.3 Å². The zero-order valence-corrected chi connectivity index (χ0v) is 13.9. The van der Waals surface area contributed by atoms with Crippen LogP contribution in [0.4, 0.5) is 11.6 Å². The Balaban J connectivity index is 1.67. The molecule has 0 fully saturated rings. The summed E-state index contributed by atoms with van der Waals surface area (Å²) in [6.07, 6.45) is 5.30. The molecule has 0 bridgehead atoms. The van der Waals surface area contributed by atoms with Gasteiger partial charge in [-0.05, 0) is 41.8 Å². The number of anilines is 2. The standard InChI is InChI=1S/C18H17N7/c1-11(2)12-8-18(25-21-10-12)23-17-4-3-15-16(22-17)7-13(9-19-15)14-5-6-20-24-14/h3-11H,1-2H3,(H,20,24)(H,22,23,25). The van der Waals surface area contributed by atoms with E-state index >= 15 is 0 Å². The number of aromatic nitrogens is 6. The third kappa shape index (κ3) is 3.16. The van der Waals surface area contributed by atoms with Crippen molar-refractivity contribution in [3.05, 3.63) is 54.5 Å². The fraction of sp³-hybridized carbons (Fsp3) is 0.167. The Morgan fingerprint density at radius 3 is 2.72 bits per heavy atom. The minimum Gasteiger partial charge on any atom is -0.323 e. The van der Waals surface area contributed by atoms with E-state index < -0.39 is 0 Å². The van der Waals surface area contributed by atoms with E-state index in [1.54, 1.807) is 12.4 Å². The second kappa shape index (κ2) is 6.27. The molecule has 0 spiro atoms. The van der Waals surface area contributed by atoms with Gasteiger partial charge in [0.05, 0.1) is 22.9 Å². The molecular weight excluding hydrogens is 314 g/mol. The Morgan fingerprint density at radius 1 is 1.00 bits per heavy atom. The Morgan fingerprint density at radius 2 is 1.92 bits per heavy atom. The lowest BCUT2D eigenvalue weighted by Crippen LogP contribution is -2.00. The van der Waals surface area contributed by atoms with Gasteiger partial charge in [0, 0.05) is 18.0 Å². The zero-order chi connectivity index (χ0) is 17.2. The number of hydrogen-bond donors (Lipinski definition) is 2. The molecule has 4 aromatic rings. The Kier molecular flexibility index (Phi) is 3.81. The molecule has 0 atom stereocenters. The summed E-state index contributed by atoms with van der Waals surface area (Å²) in [4.78, 5) is 9.10. The molecule has 0 aromatic carbocycles. The first-order valence-corrected chi connectivity index (χ1v) is 8.05. The summed E-state index contributed by atoms with van der Waals surface area (Å²) in [5, 5.41) is 18.3. The molecule has 7 heteroatoms. The molecule has 0 amide bonds. The number of pyridine rings is 2. The van der Waals surface area contributed by atoms with Crippen molar-refractivity contribution in [2.75, 3.05) is 5.32 Å². The number of fused-ring (bicyclic) bond motifs is 1. The van der Waals surface area contributed by atoms with Gasteiger partial charge in [-0.3, -0.25) is 10.1 Å². The van der Waals surface area contributed by atoms with E-state index in [1.165, 1.54) is 0 Å². The van der Waals surface area contributed by atoms with Gasteiger partial charge in [0.1, 0.15) is 5.82 Å².